The van der Waals surface area contributed by atoms with Gasteiger partial charge in [0.15, 0.2) is 0 Å². The van der Waals surface area contributed by atoms with Crippen LogP contribution in [0.15, 0.2) is 18.2 Å². The number of thioether (sulfide) groups is 1. The van der Waals surface area contributed by atoms with E-state index in [2.05, 4.69) is 5.32 Å². The zero-order valence-corrected chi connectivity index (χ0v) is 13.6. The van der Waals surface area contributed by atoms with Gasteiger partial charge < -0.3 is 5.32 Å². The van der Waals surface area contributed by atoms with E-state index in [4.69, 9.17) is 11.6 Å². The molecule has 116 valence electrons. The molecule has 1 amide bonds. The first-order valence-corrected chi connectivity index (χ1v) is 8.99. The molecule has 1 aromatic rings. The van der Waals surface area contributed by atoms with Gasteiger partial charge in [-0.2, -0.15) is 0 Å². The minimum Gasteiger partial charge on any atom is -0.353 e. The molecular formula is C16H21ClFNOS. The van der Waals surface area contributed by atoms with Gasteiger partial charge in [0.2, 0.25) is 5.91 Å². The Labute approximate surface area is 134 Å². The van der Waals surface area contributed by atoms with Gasteiger partial charge in [0.1, 0.15) is 5.82 Å². The highest BCUT2D eigenvalue weighted by molar-refractivity contribution is 7.99. The maximum atomic E-state index is 13.6. The van der Waals surface area contributed by atoms with E-state index >= 15 is 0 Å². The molecule has 2 nitrogen and oxygen atoms in total. The van der Waals surface area contributed by atoms with Crippen LogP contribution in [0.2, 0.25) is 5.02 Å². The van der Waals surface area contributed by atoms with Gasteiger partial charge in [-0.25, -0.2) is 4.39 Å². The minimum absolute atomic E-state index is 0.0567. The molecule has 0 unspecified atom stereocenters. The highest BCUT2D eigenvalue weighted by atomic mass is 35.5. The van der Waals surface area contributed by atoms with E-state index in [-0.39, 0.29) is 11.7 Å². The monoisotopic (exact) mass is 329 g/mol. The summed E-state index contributed by atoms with van der Waals surface area (Å²) in [5.41, 5.74) is 0.590. The predicted octanol–water partition coefficient (Wildman–Crippen LogP) is 4.55. The van der Waals surface area contributed by atoms with Crippen molar-refractivity contribution in [3.05, 3.63) is 34.6 Å². The van der Waals surface area contributed by atoms with Crippen LogP contribution in [-0.2, 0) is 10.5 Å². The van der Waals surface area contributed by atoms with Gasteiger partial charge in [0.05, 0.1) is 5.75 Å². The van der Waals surface area contributed by atoms with Crippen molar-refractivity contribution in [1.29, 1.82) is 0 Å². The normalized spacial score (nSPS) is 16.5. The molecule has 0 bridgehead atoms. The Kier molecular flexibility index (Phi) is 6.84. The number of rotatable bonds is 5. The number of hydrogen-bond donors (Lipinski definition) is 1. The lowest BCUT2D eigenvalue weighted by Gasteiger charge is -2.16. The van der Waals surface area contributed by atoms with Crippen molar-refractivity contribution in [2.24, 2.45) is 0 Å². The van der Waals surface area contributed by atoms with Crippen molar-refractivity contribution >= 4 is 29.3 Å². The van der Waals surface area contributed by atoms with Crippen molar-refractivity contribution < 1.29 is 9.18 Å². The Hall–Kier alpha value is -0.740. The number of carbonyl (C=O) groups excluding carboxylic acids is 1. The molecule has 0 aromatic heterocycles. The zero-order valence-electron chi connectivity index (χ0n) is 12.0. The second kappa shape index (κ2) is 8.64. The van der Waals surface area contributed by atoms with Gasteiger partial charge in [-0.1, -0.05) is 43.4 Å². The molecule has 1 N–H and O–H groups in total. The predicted molar refractivity (Wildman–Crippen MR) is 87.2 cm³/mol. The topological polar surface area (TPSA) is 29.1 Å². The zero-order chi connectivity index (χ0) is 15.1. The van der Waals surface area contributed by atoms with Crippen LogP contribution in [0, 0.1) is 5.82 Å². The van der Waals surface area contributed by atoms with Gasteiger partial charge >= 0.3 is 0 Å². The fourth-order valence-electron chi connectivity index (χ4n) is 2.59. The van der Waals surface area contributed by atoms with Crippen molar-refractivity contribution in [2.45, 2.75) is 50.3 Å². The van der Waals surface area contributed by atoms with Crippen LogP contribution in [0.4, 0.5) is 4.39 Å². The summed E-state index contributed by atoms with van der Waals surface area (Å²) >= 11 is 7.15. The molecule has 1 saturated carbocycles. The molecule has 21 heavy (non-hydrogen) atoms. The maximum absolute atomic E-state index is 13.6. The first-order valence-electron chi connectivity index (χ1n) is 7.46. The molecule has 5 heteroatoms. The van der Waals surface area contributed by atoms with E-state index in [1.807, 2.05) is 0 Å². The number of nitrogens with one attached hydrogen (secondary N) is 1. The lowest BCUT2D eigenvalue weighted by molar-refractivity contribution is -0.119. The molecule has 1 fully saturated rings. The Morgan fingerprint density at radius 3 is 2.67 bits per heavy atom. The molecular weight excluding hydrogens is 309 g/mol. The third kappa shape index (κ3) is 5.87. The maximum Gasteiger partial charge on any atom is 0.230 e. The van der Waals surface area contributed by atoms with Crippen LogP contribution in [0.3, 0.4) is 0 Å². The van der Waals surface area contributed by atoms with Crippen LogP contribution < -0.4 is 5.32 Å². The molecule has 0 atom stereocenters. The molecule has 0 heterocycles. The highest BCUT2D eigenvalue weighted by Gasteiger charge is 2.14. The van der Waals surface area contributed by atoms with Crippen molar-refractivity contribution in [3.63, 3.8) is 0 Å². The summed E-state index contributed by atoms with van der Waals surface area (Å²) in [6.45, 7) is 0. The number of amides is 1. The largest absolute Gasteiger partial charge is 0.353 e. The van der Waals surface area contributed by atoms with E-state index in [1.54, 1.807) is 12.1 Å². The Morgan fingerprint density at radius 1 is 1.29 bits per heavy atom. The fourth-order valence-corrected chi connectivity index (χ4v) is 3.57. The van der Waals surface area contributed by atoms with E-state index < -0.39 is 0 Å². The van der Waals surface area contributed by atoms with Crippen molar-refractivity contribution in [3.8, 4) is 0 Å². The summed E-state index contributed by atoms with van der Waals surface area (Å²) in [5, 5.41) is 3.49. The summed E-state index contributed by atoms with van der Waals surface area (Å²) < 4.78 is 13.6. The summed E-state index contributed by atoms with van der Waals surface area (Å²) in [6.07, 6.45) is 7.13. The lowest BCUT2D eigenvalue weighted by Crippen LogP contribution is -2.35. The average Bonchev–Trinajstić information content (AvgIpc) is 2.70. The van der Waals surface area contributed by atoms with Crippen LogP contribution in [0.5, 0.6) is 0 Å². The molecule has 1 aromatic carbocycles. The second-order valence-corrected chi connectivity index (χ2v) is 6.91. The molecule has 0 aliphatic heterocycles. The van der Waals surface area contributed by atoms with Crippen LogP contribution in [0.1, 0.15) is 44.1 Å². The Morgan fingerprint density at radius 2 is 2.00 bits per heavy atom. The minimum atomic E-state index is -0.306. The van der Waals surface area contributed by atoms with Crippen LogP contribution in [-0.4, -0.2) is 17.7 Å². The molecule has 1 aliphatic rings. The lowest BCUT2D eigenvalue weighted by atomic mass is 10.1. The Bertz CT molecular complexity index is 475. The fraction of sp³-hybridized carbons (Fsp3) is 0.562. The van der Waals surface area contributed by atoms with Crippen molar-refractivity contribution in [1.82, 2.24) is 5.32 Å². The molecule has 0 spiro atoms. The van der Waals surface area contributed by atoms with Gasteiger partial charge in [-0.05, 0) is 30.5 Å². The third-order valence-electron chi connectivity index (χ3n) is 3.73. The average molecular weight is 330 g/mol. The third-order valence-corrected chi connectivity index (χ3v) is 4.94. The van der Waals surface area contributed by atoms with Gasteiger partial charge in [0, 0.05) is 16.8 Å². The van der Waals surface area contributed by atoms with E-state index in [0.29, 0.717) is 28.1 Å². The smallest absolute Gasteiger partial charge is 0.230 e. The molecule has 0 saturated heterocycles. The second-order valence-electron chi connectivity index (χ2n) is 5.48. The quantitative estimate of drug-likeness (QED) is 0.803. The number of carbonyl (C=O) groups is 1. The van der Waals surface area contributed by atoms with E-state index in [9.17, 15) is 9.18 Å². The first-order chi connectivity index (χ1) is 10.1. The highest BCUT2D eigenvalue weighted by Crippen LogP contribution is 2.20. The number of halogens is 2. The van der Waals surface area contributed by atoms with E-state index in [1.165, 1.54) is 43.5 Å². The van der Waals surface area contributed by atoms with E-state index in [0.717, 1.165) is 12.8 Å². The van der Waals surface area contributed by atoms with Gasteiger partial charge in [-0.3, -0.25) is 4.79 Å². The number of benzene rings is 1. The first kappa shape index (κ1) is 16.6. The molecule has 2 rings (SSSR count). The van der Waals surface area contributed by atoms with Gasteiger partial charge in [-0.15, -0.1) is 11.8 Å². The SMILES string of the molecule is O=C(CSCc1ccc(Cl)cc1F)NC1CCCCCC1. The standard InChI is InChI=1S/C16H21ClFNOS/c17-13-8-7-12(15(18)9-13)10-21-11-16(20)19-14-5-3-1-2-4-6-14/h7-9,14H,1-6,10-11H2,(H,19,20). The molecule has 0 radical (unpaired) electrons. The van der Waals surface area contributed by atoms with Crippen molar-refractivity contribution in [2.75, 3.05) is 5.75 Å². The van der Waals surface area contributed by atoms with Crippen LogP contribution in [0.25, 0.3) is 0 Å². The molecule has 1 aliphatic carbocycles. The number of hydrogen-bond acceptors (Lipinski definition) is 2. The Balaban J connectivity index is 1.71. The summed E-state index contributed by atoms with van der Waals surface area (Å²) in [5.74, 6) is 0.611. The summed E-state index contributed by atoms with van der Waals surface area (Å²) in [6, 6.07) is 4.98. The van der Waals surface area contributed by atoms with Gasteiger partial charge in [0.25, 0.3) is 0 Å². The summed E-state index contributed by atoms with van der Waals surface area (Å²) in [7, 11) is 0. The summed E-state index contributed by atoms with van der Waals surface area (Å²) in [4.78, 5) is 11.9. The van der Waals surface area contributed by atoms with Crippen LogP contribution >= 0.6 is 23.4 Å².